The summed E-state index contributed by atoms with van der Waals surface area (Å²) in [5.74, 6) is 0. The van der Waals surface area contributed by atoms with Crippen molar-refractivity contribution in [3.8, 4) is 0 Å². The smallest absolute Gasteiger partial charge is 1.00 e. The summed E-state index contributed by atoms with van der Waals surface area (Å²) >= 11 is 0. The van der Waals surface area contributed by atoms with Gasteiger partial charge in [0.1, 0.15) is 0 Å². The molecule has 0 heterocycles. The predicted octanol–water partition coefficient (Wildman–Crippen LogP) is -1.98. The van der Waals surface area contributed by atoms with E-state index in [0.29, 0.717) is 0 Å². The molecule has 0 spiro atoms. The first-order valence-electron chi connectivity index (χ1n) is 0.856. The second-order valence-electron chi connectivity index (χ2n) is 0.542. The molecule has 0 rings (SSSR count). The third-order valence-electron chi connectivity index (χ3n) is 0. The van der Waals surface area contributed by atoms with E-state index in [9.17, 15) is 13.2 Å². The maximum atomic E-state index is 10.1. The van der Waals surface area contributed by atoms with Crippen LogP contribution in [0.3, 0.4) is 0 Å². The molecule has 0 aliphatic rings. The summed E-state index contributed by atoms with van der Waals surface area (Å²) < 4.78 is 30.4. The zero-order chi connectivity index (χ0) is 4.50. The fourth-order valence-electron chi connectivity index (χ4n) is 0. The number of halogens is 3. The summed E-state index contributed by atoms with van der Waals surface area (Å²) in [6.07, 6.45) is -4.50. The van der Waals surface area contributed by atoms with Gasteiger partial charge in [0.05, 0.1) is 0 Å². The van der Waals surface area contributed by atoms with E-state index in [1.165, 1.54) is 0 Å². The minimum Gasteiger partial charge on any atom is -1.00 e. The van der Waals surface area contributed by atoms with Crippen LogP contribution in [-0.4, -0.2) is 13.9 Å². The normalized spacial score (nSPS) is 10.2. The van der Waals surface area contributed by atoms with Crippen molar-refractivity contribution in [1.29, 1.82) is 0 Å². The van der Waals surface area contributed by atoms with Crippen LogP contribution >= 0.6 is 0 Å². The molecule has 0 aromatic rings. The van der Waals surface area contributed by atoms with Gasteiger partial charge in [0, 0.05) is 0 Å². The number of hydrogen-bond acceptors (Lipinski definition) is 0. The molecule has 0 amide bonds. The molecule has 0 unspecified atom stereocenters. The maximum Gasteiger partial charge on any atom is 1.00 e. The summed E-state index contributed by atoms with van der Waals surface area (Å²) in [4.78, 5) is 0. The summed E-state index contributed by atoms with van der Waals surface area (Å²) in [5.41, 5.74) is 0. The van der Waals surface area contributed by atoms with Crippen molar-refractivity contribution < 1.29 is 68.8 Å². The Bertz CT molecular complexity index is 34.5. The Kier molecular flexibility index (Phi) is 6.09. The Hall–Kier alpha value is 1.49. The zero-order valence-corrected chi connectivity index (χ0v) is 6.33. The predicted molar refractivity (Wildman–Crippen MR) is 15.1 cm³/mol. The molecule has 0 N–H and O–H groups in total. The monoisotopic (exact) mass is 122 g/mol. The molecule has 0 saturated carbocycles. The standard InChI is InChI=1S/CBF3.K.3H/c2-1(3,4)5;;;;/q+2;+1;3*-1. The summed E-state index contributed by atoms with van der Waals surface area (Å²) in [6, 6.07) is 0. The van der Waals surface area contributed by atoms with E-state index in [4.69, 9.17) is 0 Å². The van der Waals surface area contributed by atoms with Crippen LogP contribution in [0.1, 0.15) is 4.28 Å². The molecular formula is CH3BF3K. The van der Waals surface area contributed by atoms with Crippen molar-refractivity contribution in [2.24, 2.45) is 0 Å². The minimum absolute atomic E-state index is 0. The molecule has 0 aliphatic carbocycles. The van der Waals surface area contributed by atoms with Gasteiger partial charge in [0.25, 0.3) is 0 Å². The van der Waals surface area contributed by atoms with E-state index in [0.717, 1.165) is 0 Å². The van der Waals surface area contributed by atoms with Crippen LogP contribution in [-0.2, 0) is 0 Å². The second-order valence-corrected chi connectivity index (χ2v) is 0.542. The first-order valence-corrected chi connectivity index (χ1v) is 0.856. The van der Waals surface area contributed by atoms with Gasteiger partial charge >= 0.3 is 78.5 Å². The Balaban J connectivity index is -0.0000000133. The van der Waals surface area contributed by atoms with Crippen molar-refractivity contribution in [1.82, 2.24) is 0 Å². The topological polar surface area (TPSA) is 0 Å². The quantitative estimate of drug-likeness (QED) is 0.326. The van der Waals surface area contributed by atoms with Crippen LogP contribution < -0.4 is 51.4 Å². The van der Waals surface area contributed by atoms with Crippen LogP contribution in [0.5, 0.6) is 0 Å². The molecule has 5 heteroatoms. The number of alkyl halides is 3. The molecule has 32 valence electrons. The van der Waals surface area contributed by atoms with Crippen molar-refractivity contribution in [3.63, 3.8) is 0 Å². The largest absolute Gasteiger partial charge is 1.00 e. The molecule has 0 aromatic carbocycles. The van der Waals surface area contributed by atoms with Gasteiger partial charge in [-0.3, -0.25) is 0 Å². The van der Waals surface area contributed by atoms with Crippen LogP contribution in [0, 0.1) is 0 Å². The fraction of sp³-hybridized carbons (Fsp3) is 1.00. The van der Waals surface area contributed by atoms with Gasteiger partial charge in [-0.15, -0.1) is 0 Å². The first-order chi connectivity index (χ1) is 2.00. The van der Waals surface area contributed by atoms with Crippen LogP contribution in [0.4, 0.5) is 13.2 Å². The van der Waals surface area contributed by atoms with Crippen molar-refractivity contribution in [2.45, 2.75) is 6.08 Å². The molecule has 0 bridgehead atoms. The Morgan fingerprint density at radius 1 is 1.33 bits per heavy atom. The summed E-state index contributed by atoms with van der Waals surface area (Å²) in [7, 11) is 3.35. The minimum atomic E-state index is -4.50. The van der Waals surface area contributed by atoms with E-state index < -0.39 is 6.08 Å². The van der Waals surface area contributed by atoms with Gasteiger partial charge in [-0.25, -0.2) is 0 Å². The average molecular weight is 122 g/mol. The molecule has 0 atom stereocenters. The Morgan fingerprint density at radius 3 is 1.33 bits per heavy atom. The summed E-state index contributed by atoms with van der Waals surface area (Å²) in [6.45, 7) is 0. The van der Waals surface area contributed by atoms with Gasteiger partial charge < -0.3 is 4.28 Å². The van der Waals surface area contributed by atoms with E-state index in [1.54, 1.807) is 0 Å². The molecule has 0 aliphatic heterocycles. The third kappa shape index (κ3) is 49.8. The van der Waals surface area contributed by atoms with E-state index in [1.807, 2.05) is 0 Å². The van der Waals surface area contributed by atoms with Gasteiger partial charge in [0.15, 0.2) is 0 Å². The molecule has 0 fully saturated rings. The van der Waals surface area contributed by atoms with Gasteiger partial charge in [0.2, 0.25) is 0 Å². The van der Waals surface area contributed by atoms with Crippen molar-refractivity contribution in [3.05, 3.63) is 0 Å². The molecule has 0 aromatic heterocycles. The zero-order valence-electron chi connectivity index (χ0n) is 6.21. The van der Waals surface area contributed by atoms with Crippen molar-refractivity contribution in [2.75, 3.05) is 0 Å². The van der Waals surface area contributed by atoms with Crippen LogP contribution in [0.15, 0.2) is 0 Å². The van der Waals surface area contributed by atoms with Crippen LogP contribution in [0.25, 0.3) is 0 Å². The van der Waals surface area contributed by atoms with Gasteiger partial charge in [-0.1, -0.05) is 0 Å². The molecule has 0 saturated heterocycles. The second kappa shape index (κ2) is 3.49. The first kappa shape index (κ1) is 10.5. The Morgan fingerprint density at radius 2 is 1.33 bits per heavy atom. The van der Waals surface area contributed by atoms with E-state index >= 15 is 0 Å². The molecule has 6 heavy (non-hydrogen) atoms. The average Bonchev–Trinajstić information content (AvgIpc) is 0.722. The molecule has 0 radical (unpaired) electrons. The maximum absolute atomic E-state index is 10.1. The number of hydrogen-bond donors (Lipinski definition) is 0. The molecular weight excluding hydrogens is 119 g/mol. The molecule has 0 nitrogen and oxygen atoms in total. The van der Waals surface area contributed by atoms with Crippen molar-refractivity contribution >= 4 is 7.85 Å². The van der Waals surface area contributed by atoms with E-state index in [-0.39, 0.29) is 55.7 Å². The van der Waals surface area contributed by atoms with Crippen LogP contribution in [0.2, 0.25) is 0 Å². The van der Waals surface area contributed by atoms with Gasteiger partial charge in [-0.05, 0) is 0 Å². The van der Waals surface area contributed by atoms with Gasteiger partial charge in [-0.2, -0.15) is 0 Å². The number of rotatable bonds is 0. The Labute approximate surface area is 81.8 Å². The summed E-state index contributed by atoms with van der Waals surface area (Å²) in [5, 5.41) is 0. The SMILES string of the molecule is [B+2]C(F)(F)F.[H-].[H-].[H-].[K+]. The van der Waals surface area contributed by atoms with E-state index in [2.05, 4.69) is 7.85 Å². The third-order valence-corrected chi connectivity index (χ3v) is 0. The fourth-order valence-corrected chi connectivity index (χ4v) is 0.